The molecule has 0 spiro atoms. The van der Waals surface area contributed by atoms with Gasteiger partial charge in [-0.2, -0.15) is 0 Å². The molecule has 2 aromatic carbocycles. The highest BCUT2D eigenvalue weighted by molar-refractivity contribution is 9.10. The predicted octanol–water partition coefficient (Wildman–Crippen LogP) is 5.10. The van der Waals surface area contributed by atoms with Crippen LogP contribution in [0.5, 0.6) is 0 Å². The van der Waals surface area contributed by atoms with Gasteiger partial charge in [0.15, 0.2) is 5.70 Å². The lowest BCUT2D eigenvalue weighted by molar-refractivity contribution is -0.129. The van der Waals surface area contributed by atoms with Crippen LogP contribution in [0.4, 0.5) is 0 Å². The Hall–Kier alpha value is -1.62. The van der Waals surface area contributed by atoms with Crippen LogP contribution in [0.2, 0.25) is 10.0 Å². The minimum absolute atomic E-state index is 0.219. The maximum atomic E-state index is 11.9. The quantitative estimate of drug-likeness (QED) is 0.523. The Kier molecular flexibility index (Phi) is 4.34. The molecule has 0 amide bonds. The molecule has 0 saturated carbocycles. The monoisotopic (exact) mass is 395 g/mol. The van der Waals surface area contributed by atoms with E-state index in [1.54, 1.807) is 24.3 Å². The van der Waals surface area contributed by atoms with Crippen molar-refractivity contribution in [2.24, 2.45) is 4.99 Å². The number of cyclic esters (lactones) is 1. The van der Waals surface area contributed by atoms with Gasteiger partial charge in [-0.3, -0.25) is 0 Å². The first-order valence-electron chi connectivity index (χ1n) is 6.26. The zero-order chi connectivity index (χ0) is 15.7. The van der Waals surface area contributed by atoms with E-state index in [4.69, 9.17) is 27.9 Å². The first-order chi connectivity index (χ1) is 10.5. The van der Waals surface area contributed by atoms with Gasteiger partial charge in [0.1, 0.15) is 0 Å². The van der Waals surface area contributed by atoms with Crippen molar-refractivity contribution < 1.29 is 9.53 Å². The Morgan fingerprint density at radius 2 is 1.77 bits per heavy atom. The van der Waals surface area contributed by atoms with Crippen LogP contribution < -0.4 is 0 Å². The molecular formula is C16H8BrCl2NO2. The summed E-state index contributed by atoms with van der Waals surface area (Å²) in [5, 5.41) is 0.872. The molecule has 0 radical (unpaired) electrons. The van der Waals surface area contributed by atoms with Crippen LogP contribution >= 0.6 is 39.1 Å². The molecular weight excluding hydrogens is 389 g/mol. The molecule has 0 aliphatic carbocycles. The topological polar surface area (TPSA) is 38.7 Å². The van der Waals surface area contributed by atoms with Gasteiger partial charge in [0.25, 0.3) is 0 Å². The Balaban J connectivity index is 1.93. The van der Waals surface area contributed by atoms with E-state index < -0.39 is 5.97 Å². The Morgan fingerprint density at radius 3 is 2.45 bits per heavy atom. The number of rotatable bonds is 2. The van der Waals surface area contributed by atoms with Crippen molar-refractivity contribution in [3.05, 3.63) is 73.8 Å². The summed E-state index contributed by atoms with van der Waals surface area (Å²) < 4.78 is 6.13. The summed E-state index contributed by atoms with van der Waals surface area (Å²) in [6.07, 6.45) is 1.61. The fourth-order valence-corrected chi connectivity index (χ4v) is 2.46. The molecule has 0 atom stereocenters. The lowest BCUT2D eigenvalue weighted by Crippen LogP contribution is -2.05. The molecule has 3 nitrogen and oxygen atoms in total. The highest BCUT2D eigenvalue weighted by Crippen LogP contribution is 2.25. The average molecular weight is 397 g/mol. The molecule has 1 heterocycles. The van der Waals surface area contributed by atoms with Crippen molar-refractivity contribution in [3.63, 3.8) is 0 Å². The summed E-state index contributed by atoms with van der Waals surface area (Å²) >= 11 is 15.2. The second kappa shape index (κ2) is 6.24. The van der Waals surface area contributed by atoms with Crippen LogP contribution in [0, 0.1) is 0 Å². The van der Waals surface area contributed by atoms with Crippen molar-refractivity contribution >= 4 is 57.1 Å². The number of benzene rings is 2. The summed E-state index contributed by atoms with van der Waals surface area (Å²) in [7, 11) is 0. The number of nitrogens with zero attached hydrogens (tertiary/aromatic N) is 1. The lowest BCUT2D eigenvalue weighted by atomic mass is 10.2. The van der Waals surface area contributed by atoms with E-state index in [0.29, 0.717) is 10.0 Å². The molecule has 3 rings (SSSR count). The molecule has 110 valence electrons. The first-order valence-corrected chi connectivity index (χ1v) is 7.81. The fourth-order valence-electron chi connectivity index (χ4n) is 1.89. The Morgan fingerprint density at radius 1 is 1.05 bits per heavy atom. The van der Waals surface area contributed by atoms with Crippen LogP contribution in [-0.4, -0.2) is 11.9 Å². The number of halogens is 3. The van der Waals surface area contributed by atoms with Crippen LogP contribution in [0.3, 0.4) is 0 Å². The van der Waals surface area contributed by atoms with Crippen molar-refractivity contribution in [1.82, 2.24) is 0 Å². The summed E-state index contributed by atoms with van der Waals surface area (Å²) in [4.78, 5) is 16.1. The van der Waals surface area contributed by atoms with Gasteiger partial charge in [-0.25, -0.2) is 9.79 Å². The number of esters is 1. The highest BCUT2D eigenvalue weighted by atomic mass is 79.9. The van der Waals surface area contributed by atoms with Crippen molar-refractivity contribution in [2.45, 2.75) is 0 Å². The summed E-state index contributed by atoms with van der Waals surface area (Å²) in [6.45, 7) is 0. The Labute approximate surface area is 145 Å². The van der Waals surface area contributed by atoms with E-state index in [0.717, 1.165) is 15.6 Å². The number of carbonyl (C=O) groups is 1. The molecule has 0 unspecified atom stereocenters. The van der Waals surface area contributed by atoms with Gasteiger partial charge >= 0.3 is 5.97 Å². The normalized spacial score (nSPS) is 15.9. The van der Waals surface area contributed by atoms with Crippen molar-refractivity contribution in [1.29, 1.82) is 0 Å². The third kappa shape index (κ3) is 3.24. The molecule has 0 fully saturated rings. The minimum Gasteiger partial charge on any atom is -0.402 e. The number of hydrogen-bond donors (Lipinski definition) is 0. The second-order valence-electron chi connectivity index (χ2n) is 4.52. The number of hydrogen-bond acceptors (Lipinski definition) is 3. The summed E-state index contributed by atoms with van der Waals surface area (Å²) in [5.41, 5.74) is 1.67. The van der Waals surface area contributed by atoms with Gasteiger partial charge < -0.3 is 4.74 Å². The summed E-state index contributed by atoms with van der Waals surface area (Å²) in [6, 6.07) is 12.4. The zero-order valence-electron chi connectivity index (χ0n) is 11.0. The van der Waals surface area contributed by atoms with E-state index in [-0.39, 0.29) is 11.6 Å². The van der Waals surface area contributed by atoms with Gasteiger partial charge in [0.05, 0.1) is 10.0 Å². The lowest BCUT2D eigenvalue weighted by Gasteiger charge is -1.98. The van der Waals surface area contributed by atoms with Crippen molar-refractivity contribution in [2.75, 3.05) is 0 Å². The van der Waals surface area contributed by atoms with E-state index in [1.165, 1.54) is 0 Å². The largest absolute Gasteiger partial charge is 0.402 e. The summed E-state index contributed by atoms with van der Waals surface area (Å²) in [5.74, 6) is -0.215. The number of aliphatic imine (C=N–C) groups is 1. The zero-order valence-corrected chi connectivity index (χ0v) is 14.1. The molecule has 1 aliphatic rings. The van der Waals surface area contributed by atoms with Crippen LogP contribution in [0.1, 0.15) is 11.1 Å². The smallest absolute Gasteiger partial charge is 0.363 e. The van der Waals surface area contributed by atoms with Gasteiger partial charge in [0, 0.05) is 10.0 Å². The molecule has 0 aromatic heterocycles. The highest BCUT2D eigenvalue weighted by Gasteiger charge is 2.24. The van der Waals surface area contributed by atoms with Crippen LogP contribution in [0.15, 0.2) is 57.6 Å². The van der Waals surface area contributed by atoms with E-state index in [1.807, 2.05) is 24.3 Å². The average Bonchev–Trinajstić information content (AvgIpc) is 2.85. The molecule has 0 saturated heterocycles. The number of ether oxygens (including phenoxy) is 1. The van der Waals surface area contributed by atoms with Crippen LogP contribution in [0.25, 0.3) is 6.08 Å². The van der Waals surface area contributed by atoms with E-state index >= 15 is 0 Å². The van der Waals surface area contributed by atoms with Gasteiger partial charge in [-0.05, 0) is 48.0 Å². The molecule has 0 N–H and O–H groups in total. The van der Waals surface area contributed by atoms with E-state index in [9.17, 15) is 4.79 Å². The fraction of sp³-hybridized carbons (Fsp3) is 0. The van der Waals surface area contributed by atoms with Crippen molar-refractivity contribution in [3.8, 4) is 0 Å². The predicted molar refractivity (Wildman–Crippen MR) is 91.2 cm³/mol. The van der Waals surface area contributed by atoms with E-state index in [2.05, 4.69) is 20.9 Å². The standard InChI is InChI=1S/C16H8BrCl2NO2/c17-11-4-2-10(3-5-11)15-20-14(16(21)22-15)8-9-1-6-12(18)13(19)7-9/h1-8H/b14-8+. The Bertz CT molecular complexity index is 813. The minimum atomic E-state index is -0.496. The van der Waals surface area contributed by atoms with Gasteiger partial charge in [-0.1, -0.05) is 45.2 Å². The van der Waals surface area contributed by atoms with Gasteiger partial charge in [-0.15, -0.1) is 0 Å². The van der Waals surface area contributed by atoms with Gasteiger partial charge in [0.2, 0.25) is 5.90 Å². The molecule has 2 aromatic rings. The third-order valence-corrected chi connectivity index (χ3v) is 4.23. The molecule has 22 heavy (non-hydrogen) atoms. The maximum Gasteiger partial charge on any atom is 0.363 e. The maximum absolute atomic E-state index is 11.9. The number of carbonyl (C=O) groups excluding carboxylic acids is 1. The molecule has 0 bridgehead atoms. The molecule has 6 heteroatoms. The SMILES string of the molecule is O=C1OC(c2ccc(Br)cc2)=N/C1=C/c1ccc(Cl)c(Cl)c1. The third-order valence-electron chi connectivity index (χ3n) is 2.96. The van der Waals surface area contributed by atoms with Crippen LogP contribution in [-0.2, 0) is 9.53 Å². The first kappa shape index (κ1) is 15.3. The molecule has 1 aliphatic heterocycles. The second-order valence-corrected chi connectivity index (χ2v) is 6.25.